The minimum Gasteiger partial charge on any atom is -0.313 e. The lowest BCUT2D eigenvalue weighted by Crippen LogP contribution is -2.17. The number of nitrogens with zero attached hydrogens (tertiary/aromatic N) is 2. The minimum atomic E-state index is 0.409. The number of fused-ring (bicyclic) bond motifs is 3. The van der Waals surface area contributed by atoms with E-state index in [1.165, 1.54) is 49.9 Å². The SMILES string of the molecule is C1=CCCC(n2c3ccccc3c3cc(-c4ccc(N(C5=CCC(c6ccccc6)C=C5)c5ccccc5)cc4)ccc32)=C1. The van der Waals surface area contributed by atoms with Crippen LogP contribution in [0.1, 0.15) is 30.7 Å². The Balaban J connectivity index is 1.14. The second-order valence-corrected chi connectivity index (χ2v) is 11.7. The summed E-state index contributed by atoms with van der Waals surface area (Å²) in [4.78, 5) is 2.37. The van der Waals surface area contributed by atoms with Gasteiger partial charge in [-0.3, -0.25) is 0 Å². The zero-order chi connectivity index (χ0) is 29.3. The van der Waals surface area contributed by atoms with E-state index in [0.717, 1.165) is 30.6 Å². The summed E-state index contributed by atoms with van der Waals surface area (Å²) in [6.07, 6.45) is 16.8. The first-order valence-corrected chi connectivity index (χ1v) is 15.6. The van der Waals surface area contributed by atoms with E-state index >= 15 is 0 Å². The van der Waals surface area contributed by atoms with E-state index in [0.29, 0.717) is 5.92 Å². The Labute approximate surface area is 259 Å². The molecule has 6 aromatic rings. The van der Waals surface area contributed by atoms with Crippen molar-refractivity contribution < 1.29 is 0 Å². The van der Waals surface area contributed by atoms with Crippen molar-refractivity contribution >= 4 is 38.9 Å². The lowest BCUT2D eigenvalue weighted by atomic mass is 9.91. The van der Waals surface area contributed by atoms with Crippen LogP contribution in [-0.2, 0) is 0 Å². The summed E-state index contributed by atoms with van der Waals surface area (Å²) in [6.45, 7) is 0. The molecular weight excluding hydrogens is 532 g/mol. The molecule has 0 saturated carbocycles. The molecule has 0 aliphatic heterocycles. The van der Waals surface area contributed by atoms with Gasteiger partial charge < -0.3 is 9.47 Å². The number of hydrogen-bond acceptors (Lipinski definition) is 1. The first kappa shape index (κ1) is 26.3. The van der Waals surface area contributed by atoms with Crippen LogP contribution in [0.4, 0.5) is 11.4 Å². The monoisotopic (exact) mass is 566 g/mol. The van der Waals surface area contributed by atoms with Crippen molar-refractivity contribution in [2.75, 3.05) is 4.90 Å². The van der Waals surface area contributed by atoms with Crippen LogP contribution in [0.15, 0.2) is 170 Å². The lowest BCUT2D eigenvalue weighted by Gasteiger charge is -2.29. The van der Waals surface area contributed by atoms with E-state index < -0.39 is 0 Å². The molecule has 1 heterocycles. The van der Waals surface area contributed by atoms with E-state index in [1.54, 1.807) is 0 Å². The molecule has 0 N–H and O–H groups in total. The molecule has 2 heteroatoms. The maximum absolute atomic E-state index is 2.45. The van der Waals surface area contributed by atoms with Gasteiger partial charge in [0.1, 0.15) is 0 Å². The van der Waals surface area contributed by atoms with Crippen molar-refractivity contribution in [2.45, 2.75) is 25.2 Å². The Morgan fingerprint density at radius 2 is 1.34 bits per heavy atom. The van der Waals surface area contributed by atoms with Gasteiger partial charge in [0.15, 0.2) is 0 Å². The highest BCUT2D eigenvalue weighted by Crippen LogP contribution is 2.38. The van der Waals surface area contributed by atoms with Crippen LogP contribution in [0, 0.1) is 0 Å². The van der Waals surface area contributed by atoms with Gasteiger partial charge in [-0.1, -0.05) is 109 Å². The first-order chi connectivity index (χ1) is 21.8. The van der Waals surface area contributed by atoms with Gasteiger partial charge >= 0.3 is 0 Å². The maximum Gasteiger partial charge on any atom is 0.0538 e. The van der Waals surface area contributed by atoms with E-state index in [2.05, 4.69) is 173 Å². The predicted molar refractivity (Wildman–Crippen MR) is 187 cm³/mol. The minimum absolute atomic E-state index is 0.409. The van der Waals surface area contributed by atoms with Crippen LogP contribution in [0.5, 0.6) is 0 Å². The van der Waals surface area contributed by atoms with Crippen LogP contribution in [-0.4, -0.2) is 4.57 Å². The topological polar surface area (TPSA) is 8.17 Å². The molecule has 1 atom stereocenters. The summed E-state index contributed by atoms with van der Waals surface area (Å²) in [5.74, 6) is 0.409. The fourth-order valence-corrected chi connectivity index (χ4v) is 6.79. The summed E-state index contributed by atoms with van der Waals surface area (Å²) in [5, 5.41) is 2.60. The largest absolute Gasteiger partial charge is 0.313 e. The fourth-order valence-electron chi connectivity index (χ4n) is 6.79. The van der Waals surface area contributed by atoms with Crippen molar-refractivity contribution in [2.24, 2.45) is 0 Å². The third-order valence-electron chi connectivity index (χ3n) is 8.99. The second-order valence-electron chi connectivity index (χ2n) is 11.7. The van der Waals surface area contributed by atoms with Gasteiger partial charge in [0, 0.05) is 39.5 Å². The van der Waals surface area contributed by atoms with Crippen molar-refractivity contribution in [3.63, 3.8) is 0 Å². The molecule has 212 valence electrons. The fraction of sp³-hybridized carbons (Fsp3) is 0.0952. The number of aromatic nitrogens is 1. The summed E-state index contributed by atoms with van der Waals surface area (Å²) >= 11 is 0. The normalized spacial score (nSPS) is 16.2. The van der Waals surface area contributed by atoms with Gasteiger partial charge in [0.25, 0.3) is 0 Å². The Morgan fingerprint density at radius 1 is 0.636 bits per heavy atom. The van der Waals surface area contributed by atoms with Crippen LogP contribution < -0.4 is 4.90 Å². The van der Waals surface area contributed by atoms with Gasteiger partial charge in [-0.25, -0.2) is 0 Å². The maximum atomic E-state index is 2.45. The van der Waals surface area contributed by atoms with E-state index in [-0.39, 0.29) is 0 Å². The molecule has 1 unspecified atom stereocenters. The Hall–Kier alpha value is -5.34. The van der Waals surface area contributed by atoms with Gasteiger partial charge in [0.05, 0.1) is 11.0 Å². The number of allylic oxidation sites excluding steroid dienone is 7. The summed E-state index contributed by atoms with van der Waals surface area (Å²) in [7, 11) is 0. The molecule has 0 fully saturated rings. The lowest BCUT2D eigenvalue weighted by molar-refractivity contribution is 0.840. The molecular formula is C42H34N2. The molecule has 0 bridgehead atoms. The Bertz CT molecular complexity index is 2070. The number of para-hydroxylation sites is 2. The molecule has 2 aliphatic rings. The Kier molecular flexibility index (Phi) is 6.81. The van der Waals surface area contributed by atoms with E-state index in [4.69, 9.17) is 0 Å². The number of anilines is 2. The first-order valence-electron chi connectivity index (χ1n) is 15.6. The highest BCUT2D eigenvalue weighted by Gasteiger charge is 2.19. The number of rotatable bonds is 6. The van der Waals surface area contributed by atoms with E-state index in [1.807, 2.05) is 0 Å². The molecule has 0 spiro atoms. The number of benzene rings is 5. The average Bonchev–Trinajstić information content (AvgIpc) is 3.44. The summed E-state index contributed by atoms with van der Waals surface area (Å²) in [5.41, 5.74) is 11.2. The average molecular weight is 567 g/mol. The van der Waals surface area contributed by atoms with Crippen molar-refractivity contribution in [1.82, 2.24) is 4.57 Å². The molecule has 0 radical (unpaired) electrons. The smallest absolute Gasteiger partial charge is 0.0538 e. The molecule has 2 aliphatic carbocycles. The molecule has 8 rings (SSSR count). The van der Waals surface area contributed by atoms with Crippen LogP contribution in [0.2, 0.25) is 0 Å². The van der Waals surface area contributed by atoms with Gasteiger partial charge in [-0.2, -0.15) is 0 Å². The zero-order valence-corrected chi connectivity index (χ0v) is 24.7. The van der Waals surface area contributed by atoms with Crippen molar-refractivity contribution in [1.29, 1.82) is 0 Å². The summed E-state index contributed by atoms with van der Waals surface area (Å²) in [6, 6.07) is 46.3. The quantitative estimate of drug-likeness (QED) is 0.195. The highest BCUT2D eigenvalue weighted by atomic mass is 15.1. The van der Waals surface area contributed by atoms with Crippen LogP contribution in [0.3, 0.4) is 0 Å². The standard InChI is InChI=1S/C42H34N2/c1-4-12-31(13-5-1)32-20-25-37(26-21-32)43(35-14-6-2-7-15-35)38-27-22-33(23-28-38)34-24-29-42-40(30-34)39-18-10-11-19-41(39)44(42)36-16-8-3-9-17-36/h1-8,10-16,18-20,22-30,32H,9,17,21H2. The van der Waals surface area contributed by atoms with Gasteiger partial charge in [0.2, 0.25) is 0 Å². The van der Waals surface area contributed by atoms with Crippen molar-refractivity contribution in [3.8, 4) is 11.1 Å². The Morgan fingerprint density at radius 3 is 2.09 bits per heavy atom. The summed E-state index contributed by atoms with van der Waals surface area (Å²) < 4.78 is 2.45. The molecule has 1 aromatic heterocycles. The highest BCUT2D eigenvalue weighted by molar-refractivity contribution is 6.11. The van der Waals surface area contributed by atoms with Crippen LogP contribution >= 0.6 is 0 Å². The van der Waals surface area contributed by atoms with Gasteiger partial charge in [-0.15, -0.1) is 0 Å². The predicted octanol–water partition coefficient (Wildman–Crippen LogP) is 11.4. The van der Waals surface area contributed by atoms with Gasteiger partial charge in [-0.05, 0) is 90.6 Å². The van der Waals surface area contributed by atoms with E-state index in [9.17, 15) is 0 Å². The third kappa shape index (κ3) is 4.79. The van der Waals surface area contributed by atoms with Crippen molar-refractivity contribution in [3.05, 3.63) is 175 Å². The zero-order valence-electron chi connectivity index (χ0n) is 24.7. The molecule has 0 amide bonds. The second kappa shape index (κ2) is 11.4. The third-order valence-corrected chi connectivity index (χ3v) is 8.99. The molecule has 5 aromatic carbocycles. The van der Waals surface area contributed by atoms with Crippen LogP contribution in [0.25, 0.3) is 38.6 Å². The molecule has 44 heavy (non-hydrogen) atoms. The molecule has 2 nitrogen and oxygen atoms in total. The number of hydrogen-bond donors (Lipinski definition) is 0. The molecule has 0 saturated heterocycles.